The van der Waals surface area contributed by atoms with Gasteiger partial charge in [0.15, 0.2) is 5.96 Å². The molecule has 0 aromatic rings. The smallest absolute Gasteiger partial charge is 0.231 e. The zero-order valence-corrected chi connectivity index (χ0v) is 8.58. The van der Waals surface area contributed by atoms with Gasteiger partial charge in [-0.3, -0.25) is 10.4 Å². The zero-order valence-electron chi connectivity index (χ0n) is 8.58. The van der Waals surface area contributed by atoms with E-state index in [-0.39, 0.29) is 12.0 Å². The number of rotatable bonds is 2. The molecule has 0 spiro atoms. The maximum atomic E-state index is 7.40. The number of hydroxylamine groups is 1. The molecule has 0 aromatic heterocycles. The van der Waals surface area contributed by atoms with E-state index in [0.717, 1.165) is 19.4 Å². The molecule has 14 heavy (non-hydrogen) atoms. The number of aliphatic imine (C=N–C) groups is 1. The van der Waals surface area contributed by atoms with Crippen LogP contribution in [0.25, 0.3) is 0 Å². The maximum Gasteiger partial charge on any atom is 0.231 e. The van der Waals surface area contributed by atoms with E-state index >= 15 is 0 Å². The largest absolute Gasteiger partial charge is 0.391 e. The fraction of sp³-hybridized carbons (Fsp3) is 0.750. The van der Waals surface area contributed by atoms with Crippen LogP contribution in [0.1, 0.15) is 12.8 Å². The maximum absolute atomic E-state index is 7.40. The monoisotopic (exact) mass is 199 g/mol. The highest BCUT2D eigenvalue weighted by Crippen LogP contribution is 2.17. The van der Waals surface area contributed by atoms with Crippen molar-refractivity contribution >= 4 is 11.9 Å². The van der Waals surface area contributed by atoms with Crippen LogP contribution in [-0.2, 0) is 4.84 Å². The molecule has 0 radical (unpaired) electrons. The molecule has 4 N–H and O–H groups in total. The molecule has 6 nitrogen and oxygen atoms in total. The summed E-state index contributed by atoms with van der Waals surface area (Å²) in [4.78, 5) is 11.0. The summed E-state index contributed by atoms with van der Waals surface area (Å²) in [6.45, 7) is 0.798. The van der Waals surface area contributed by atoms with Crippen LogP contribution in [0.2, 0.25) is 0 Å². The van der Waals surface area contributed by atoms with Gasteiger partial charge in [0.25, 0.3) is 0 Å². The molecular formula is C8H17N5O. The highest BCUT2D eigenvalue weighted by molar-refractivity contribution is 5.87. The number of hydrogen-bond acceptors (Lipinski definition) is 4. The first-order valence-electron chi connectivity index (χ1n) is 4.61. The Hall–Kier alpha value is -1.30. The second kappa shape index (κ2) is 4.80. The molecule has 1 aliphatic heterocycles. The predicted octanol–water partition coefficient (Wildman–Crippen LogP) is -0.476. The summed E-state index contributed by atoms with van der Waals surface area (Å²) in [6, 6.07) is 0.00458. The minimum absolute atomic E-state index is 0.00458. The van der Waals surface area contributed by atoms with Crippen molar-refractivity contribution in [3.8, 4) is 0 Å². The van der Waals surface area contributed by atoms with Gasteiger partial charge in [0, 0.05) is 20.6 Å². The second-order valence-electron chi connectivity index (χ2n) is 3.10. The first kappa shape index (κ1) is 10.8. The van der Waals surface area contributed by atoms with E-state index in [2.05, 4.69) is 10.5 Å². The lowest BCUT2D eigenvalue weighted by atomic mass is 10.2. The molecule has 0 aliphatic carbocycles. The summed E-state index contributed by atoms with van der Waals surface area (Å²) in [5.74, 6) is 0.661. The molecule has 1 fully saturated rings. The van der Waals surface area contributed by atoms with Crippen molar-refractivity contribution in [3.63, 3.8) is 0 Å². The van der Waals surface area contributed by atoms with Gasteiger partial charge < -0.3 is 15.5 Å². The third kappa shape index (κ3) is 2.14. The number of nitrogens with one attached hydrogen (secondary N) is 2. The first-order valence-corrected chi connectivity index (χ1v) is 4.61. The third-order valence-electron chi connectivity index (χ3n) is 2.27. The van der Waals surface area contributed by atoms with Gasteiger partial charge in [0.05, 0.1) is 0 Å². The molecular weight excluding hydrogens is 182 g/mol. The second-order valence-corrected chi connectivity index (χ2v) is 3.10. The summed E-state index contributed by atoms with van der Waals surface area (Å²) >= 11 is 0. The van der Waals surface area contributed by atoms with Crippen LogP contribution in [0.5, 0.6) is 0 Å². The summed E-state index contributed by atoms with van der Waals surface area (Å²) < 4.78 is 0. The Labute approximate surface area is 83.6 Å². The number of nitrogens with two attached hydrogens (primary N) is 1. The van der Waals surface area contributed by atoms with Crippen LogP contribution >= 0.6 is 0 Å². The van der Waals surface area contributed by atoms with Gasteiger partial charge in [-0.05, 0) is 12.8 Å². The average Bonchev–Trinajstić information content (AvgIpc) is 2.62. The van der Waals surface area contributed by atoms with Crippen LogP contribution in [0.4, 0.5) is 0 Å². The van der Waals surface area contributed by atoms with Crippen molar-refractivity contribution in [1.82, 2.24) is 10.4 Å². The van der Waals surface area contributed by atoms with Crippen LogP contribution in [-0.4, -0.2) is 43.4 Å². The van der Waals surface area contributed by atoms with Crippen LogP contribution in [0, 0.1) is 5.41 Å². The van der Waals surface area contributed by atoms with Gasteiger partial charge in [-0.25, -0.2) is 0 Å². The Morgan fingerprint density at radius 1 is 1.71 bits per heavy atom. The highest BCUT2D eigenvalue weighted by Gasteiger charge is 2.31. The quantitative estimate of drug-likeness (QED) is 0.318. The highest BCUT2D eigenvalue weighted by atomic mass is 16.7. The lowest BCUT2D eigenvalue weighted by Gasteiger charge is -2.24. The SMILES string of the molecule is CN=C(ONC)C1CCCN1C(=N)N. The topological polar surface area (TPSA) is 86.7 Å². The molecule has 1 unspecified atom stereocenters. The van der Waals surface area contributed by atoms with E-state index in [1.807, 2.05) is 0 Å². The molecule has 0 aromatic carbocycles. The Kier molecular flexibility index (Phi) is 3.70. The molecule has 0 bridgehead atoms. The normalized spacial score (nSPS) is 22.6. The summed E-state index contributed by atoms with van der Waals surface area (Å²) in [5.41, 5.74) is 8.04. The zero-order chi connectivity index (χ0) is 10.6. The van der Waals surface area contributed by atoms with Gasteiger partial charge in [-0.1, -0.05) is 0 Å². The van der Waals surface area contributed by atoms with E-state index in [1.165, 1.54) is 0 Å². The summed E-state index contributed by atoms with van der Waals surface area (Å²) in [5, 5.41) is 7.40. The van der Waals surface area contributed by atoms with Crippen LogP contribution in [0.3, 0.4) is 0 Å². The van der Waals surface area contributed by atoms with Crippen molar-refractivity contribution in [1.29, 1.82) is 5.41 Å². The van der Waals surface area contributed by atoms with E-state index in [9.17, 15) is 0 Å². The van der Waals surface area contributed by atoms with E-state index in [1.54, 1.807) is 19.0 Å². The lowest BCUT2D eigenvalue weighted by molar-refractivity contribution is 0.187. The number of hydrogen-bond donors (Lipinski definition) is 3. The molecule has 0 amide bonds. The predicted molar refractivity (Wildman–Crippen MR) is 55.1 cm³/mol. The van der Waals surface area contributed by atoms with Crippen molar-refractivity contribution in [2.45, 2.75) is 18.9 Å². The molecule has 80 valence electrons. The van der Waals surface area contributed by atoms with Gasteiger partial charge in [-0.2, -0.15) is 5.48 Å². The molecule has 1 saturated heterocycles. The Balaban J connectivity index is 2.69. The number of nitrogens with zero attached hydrogens (tertiary/aromatic N) is 2. The molecule has 1 aliphatic rings. The Morgan fingerprint density at radius 2 is 2.43 bits per heavy atom. The molecule has 1 atom stereocenters. The number of guanidine groups is 1. The Bertz CT molecular complexity index is 240. The average molecular weight is 199 g/mol. The minimum Gasteiger partial charge on any atom is -0.391 e. The Morgan fingerprint density at radius 3 is 2.93 bits per heavy atom. The van der Waals surface area contributed by atoms with Crippen LogP contribution < -0.4 is 11.2 Å². The van der Waals surface area contributed by atoms with Gasteiger partial charge in [0.2, 0.25) is 5.90 Å². The fourth-order valence-corrected chi connectivity index (χ4v) is 1.68. The minimum atomic E-state index is 0.00458. The van der Waals surface area contributed by atoms with Gasteiger partial charge in [-0.15, -0.1) is 0 Å². The molecule has 0 saturated carbocycles. The fourth-order valence-electron chi connectivity index (χ4n) is 1.68. The summed E-state index contributed by atoms with van der Waals surface area (Å²) in [7, 11) is 3.35. The van der Waals surface area contributed by atoms with E-state index in [4.69, 9.17) is 16.0 Å². The van der Waals surface area contributed by atoms with E-state index in [0.29, 0.717) is 5.90 Å². The van der Waals surface area contributed by atoms with E-state index < -0.39 is 0 Å². The summed E-state index contributed by atoms with van der Waals surface area (Å²) in [6.07, 6.45) is 1.93. The lowest BCUT2D eigenvalue weighted by Crippen LogP contribution is -2.45. The standard InChI is InChI=1S/C8H17N5O/c1-11-7(14-12-2)6-4-3-5-13(6)8(9)10/h6,12H,3-5H2,1-2H3,(H3,9,10). The molecule has 1 heterocycles. The van der Waals surface area contributed by atoms with Crippen molar-refractivity contribution in [3.05, 3.63) is 0 Å². The van der Waals surface area contributed by atoms with Gasteiger partial charge >= 0.3 is 0 Å². The third-order valence-corrected chi connectivity index (χ3v) is 2.27. The molecule has 6 heteroatoms. The van der Waals surface area contributed by atoms with Crippen molar-refractivity contribution in [2.75, 3.05) is 20.6 Å². The first-order chi connectivity index (χ1) is 6.70. The molecule has 1 rings (SSSR count). The van der Waals surface area contributed by atoms with Gasteiger partial charge in [0.1, 0.15) is 6.04 Å². The van der Waals surface area contributed by atoms with Crippen LogP contribution in [0.15, 0.2) is 4.99 Å². The van der Waals surface area contributed by atoms with Crippen molar-refractivity contribution in [2.24, 2.45) is 10.7 Å². The number of likely N-dealkylation sites (tertiary alicyclic amines) is 1. The van der Waals surface area contributed by atoms with Crippen molar-refractivity contribution < 1.29 is 4.84 Å².